The van der Waals surface area contributed by atoms with Crippen molar-refractivity contribution in [3.63, 3.8) is 0 Å². The summed E-state index contributed by atoms with van der Waals surface area (Å²) in [7, 11) is -3.49. The van der Waals surface area contributed by atoms with E-state index < -0.39 is 10.0 Å². The lowest BCUT2D eigenvalue weighted by Crippen LogP contribution is -2.52. The maximum atomic E-state index is 13.0. The minimum Gasteiger partial charge on any atom is -0.368 e. The van der Waals surface area contributed by atoms with Gasteiger partial charge in [-0.3, -0.25) is 4.79 Å². The van der Waals surface area contributed by atoms with E-state index >= 15 is 0 Å². The van der Waals surface area contributed by atoms with Gasteiger partial charge in [-0.25, -0.2) is 8.42 Å². The van der Waals surface area contributed by atoms with Gasteiger partial charge in [0.25, 0.3) is 0 Å². The minimum atomic E-state index is -3.49. The second-order valence-electron chi connectivity index (χ2n) is 7.78. The van der Waals surface area contributed by atoms with Crippen LogP contribution in [0, 0.1) is 5.92 Å². The molecule has 6 nitrogen and oxygen atoms in total. The van der Waals surface area contributed by atoms with Crippen LogP contribution in [-0.4, -0.2) is 62.8 Å². The van der Waals surface area contributed by atoms with E-state index in [-0.39, 0.29) is 11.8 Å². The zero-order chi connectivity index (χ0) is 21.1. The van der Waals surface area contributed by atoms with Gasteiger partial charge in [0.1, 0.15) is 0 Å². The molecule has 0 aromatic heterocycles. The monoisotopic (exact) mass is 447 g/mol. The number of halogens is 1. The number of benzene rings is 2. The molecular formula is C22H26ClN3O3S. The molecule has 0 bridgehead atoms. The molecule has 8 heteroatoms. The molecule has 30 heavy (non-hydrogen) atoms. The van der Waals surface area contributed by atoms with Crippen LogP contribution in [-0.2, 0) is 14.8 Å². The van der Waals surface area contributed by atoms with Crippen molar-refractivity contribution in [2.24, 2.45) is 5.92 Å². The summed E-state index contributed by atoms with van der Waals surface area (Å²) in [5.41, 5.74) is 1.08. The largest absolute Gasteiger partial charge is 0.368 e. The van der Waals surface area contributed by atoms with E-state index in [9.17, 15) is 13.2 Å². The first-order valence-electron chi connectivity index (χ1n) is 10.3. The van der Waals surface area contributed by atoms with E-state index in [0.29, 0.717) is 48.9 Å². The van der Waals surface area contributed by atoms with Gasteiger partial charge in [0.15, 0.2) is 0 Å². The standard InChI is InChI=1S/C22H26ClN3O3S/c23-19-5-4-6-20(17-19)24-13-15-25(16-14-24)22(27)18-9-11-26(12-10-18)30(28,29)21-7-2-1-3-8-21/h1-8,17-18H,9-16H2. The average Bonchev–Trinajstić information content (AvgIpc) is 2.79. The molecule has 0 unspecified atom stereocenters. The SMILES string of the molecule is O=C(C1CCN(S(=O)(=O)c2ccccc2)CC1)N1CCN(c2cccc(Cl)c2)CC1. The topological polar surface area (TPSA) is 60.9 Å². The van der Waals surface area contributed by atoms with E-state index in [0.717, 1.165) is 18.8 Å². The molecule has 0 radical (unpaired) electrons. The Kier molecular flexibility index (Phi) is 6.32. The summed E-state index contributed by atoms with van der Waals surface area (Å²) < 4.78 is 27.1. The third kappa shape index (κ3) is 4.48. The smallest absolute Gasteiger partial charge is 0.243 e. The molecule has 2 aromatic rings. The molecule has 0 spiro atoms. The molecule has 2 aromatic carbocycles. The summed E-state index contributed by atoms with van der Waals surface area (Å²) in [6.07, 6.45) is 1.14. The normalized spacial score (nSPS) is 19.1. The predicted octanol–water partition coefficient (Wildman–Crippen LogP) is 3.09. The Morgan fingerprint density at radius 1 is 0.867 bits per heavy atom. The predicted molar refractivity (Wildman–Crippen MR) is 118 cm³/mol. The van der Waals surface area contributed by atoms with Crippen LogP contribution in [0.2, 0.25) is 5.02 Å². The minimum absolute atomic E-state index is 0.107. The molecule has 2 heterocycles. The summed E-state index contributed by atoms with van der Waals surface area (Å²) in [5, 5.41) is 0.711. The van der Waals surface area contributed by atoms with Crippen LogP contribution in [0.3, 0.4) is 0 Å². The van der Waals surface area contributed by atoms with E-state index in [1.807, 2.05) is 29.2 Å². The number of amides is 1. The van der Waals surface area contributed by atoms with Gasteiger partial charge in [-0.15, -0.1) is 0 Å². The summed E-state index contributed by atoms with van der Waals surface area (Å²) in [6, 6.07) is 16.3. The first-order chi connectivity index (χ1) is 14.4. The zero-order valence-corrected chi connectivity index (χ0v) is 18.4. The molecule has 2 aliphatic heterocycles. The van der Waals surface area contributed by atoms with Gasteiger partial charge in [0.2, 0.25) is 15.9 Å². The maximum absolute atomic E-state index is 13.0. The van der Waals surface area contributed by atoms with Crippen molar-refractivity contribution in [3.8, 4) is 0 Å². The summed E-state index contributed by atoms with van der Waals surface area (Å²) in [5.74, 6) is 0.0439. The highest BCUT2D eigenvalue weighted by Crippen LogP contribution is 2.26. The lowest BCUT2D eigenvalue weighted by Gasteiger charge is -2.39. The third-order valence-corrected chi connectivity index (χ3v) is 8.10. The highest BCUT2D eigenvalue weighted by molar-refractivity contribution is 7.89. The van der Waals surface area contributed by atoms with Crippen LogP contribution in [0.4, 0.5) is 5.69 Å². The fourth-order valence-corrected chi connectivity index (χ4v) is 5.88. The number of sulfonamides is 1. The van der Waals surface area contributed by atoms with E-state index in [4.69, 9.17) is 11.6 Å². The second-order valence-corrected chi connectivity index (χ2v) is 10.2. The van der Waals surface area contributed by atoms with E-state index in [1.165, 1.54) is 4.31 Å². The molecule has 4 rings (SSSR count). The number of piperazine rings is 1. The number of hydrogen-bond donors (Lipinski definition) is 0. The molecule has 0 N–H and O–H groups in total. The van der Waals surface area contributed by atoms with Gasteiger partial charge < -0.3 is 9.80 Å². The summed E-state index contributed by atoms with van der Waals surface area (Å²) in [6.45, 7) is 3.66. The molecule has 160 valence electrons. The summed E-state index contributed by atoms with van der Waals surface area (Å²) in [4.78, 5) is 17.5. The number of rotatable bonds is 4. The Bertz CT molecular complexity index is 984. The van der Waals surface area contributed by atoms with Crippen molar-refractivity contribution < 1.29 is 13.2 Å². The number of anilines is 1. The zero-order valence-electron chi connectivity index (χ0n) is 16.8. The Hall–Kier alpha value is -2.09. The van der Waals surface area contributed by atoms with Gasteiger partial charge in [-0.1, -0.05) is 35.9 Å². The van der Waals surface area contributed by atoms with Crippen LogP contribution in [0.25, 0.3) is 0 Å². The lowest BCUT2D eigenvalue weighted by molar-refractivity contribution is -0.137. The molecule has 2 saturated heterocycles. The van der Waals surface area contributed by atoms with Crippen molar-refractivity contribution in [2.75, 3.05) is 44.2 Å². The summed E-state index contributed by atoms with van der Waals surface area (Å²) >= 11 is 6.09. The first kappa shape index (κ1) is 21.2. The Morgan fingerprint density at radius 2 is 1.53 bits per heavy atom. The highest BCUT2D eigenvalue weighted by atomic mass is 35.5. The van der Waals surface area contributed by atoms with Crippen molar-refractivity contribution in [2.45, 2.75) is 17.7 Å². The molecule has 2 aliphatic rings. The maximum Gasteiger partial charge on any atom is 0.243 e. The average molecular weight is 448 g/mol. The molecule has 2 fully saturated rings. The number of piperidine rings is 1. The molecule has 0 aliphatic carbocycles. The van der Waals surface area contributed by atoms with Gasteiger partial charge in [0, 0.05) is 55.9 Å². The first-order valence-corrected chi connectivity index (χ1v) is 12.1. The number of carbonyl (C=O) groups is 1. The van der Waals surface area contributed by atoms with Crippen molar-refractivity contribution >= 4 is 33.2 Å². The van der Waals surface area contributed by atoms with Crippen molar-refractivity contribution in [1.29, 1.82) is 0 Å². The molecule has 1 amide bonds. The fraction of sp³-hybridized carbons (Fsp3) is 0.409. The van der Waals surface area contributed by atoms with Crippen molar-refractivity contribution in [1.82, 2.24) is 9.21 Å². The number of hydrogen-bond acceptors (Lipinski definition) is 4. The number of nitrogens with zero attached hydrogens (tertiary/aromatic N) is 3. The van der Waals surface area contributed by atoms with Gasteiger partial charge >= 0.3 is 0 Å². The van der Waals surface area contributed by atoms with Crippen LogP contribution >= 0.6 is 11.6 Å². The van der Waals surface area contributed by atoms with Gasteiger partial charge in [0.05, 0.1) is 4.90 Å². The molecule has 0 saturated carbocycles. The highest BCUT2D eigenvalue weighted by Gasteiger charge is 2.34. The van der Waals surface area contributed by atoms with Crippen LogP contribution in [0.15, 0.2) is 59.5 Å². The fourth-order valence-electron chi connectivity index (χ4n) is 4.20. The second kappa shape index (κ2) is 8.96. The molecular weight excluding hydrogens is 422 g/mol. The van der Waals surface area contributed by atoms with Gasteiger partial charge in [-0.2, -0.15) is 4.31 Å². The van der Waals surface area contributed by atoms with Crippen LogP contribution in [0.1, 0.15) is 12.8 Å². The molecule has 0 atom stereocenters. The van der Waals surface area contributed by atoms with Crippen molar-refractivity contribution in [3.05, 3.63) is 59.6 Å². The third-order valence-electron chi connectivity index (χ3n) is 5.95. The van der Waals surface area contributed by atoms with Crippen LogP contribution in [0.5, 0.6) is 0 Å². The van der Waals surface area contributed by atoms with Gasteiger partial charge in [-0.05, 0) is 43.2 Å². The quantitative estimate of drug-likeness (QED) is 0.722. The van der Waals surface area contributed by atoms with Crippen LogP contribution < -0.4 is 4.90 Å². The Morgan fingerprint density at radius 3 is 2.17 bits per heavy atom. The Labute approximate surface area is 183 Å². The van der Waals surface area contributed by atoms with E-state index in [1.54, 1.807) is 30.3 Å². The lowest BCUT2D eigenvalue weighted by atomic mass is 9.96. The van der Waals surface area contributed by atoms with E-state index in [2.05, 4.69) is 4.90 Å². The number of carbonyl (C=O) groups excluding carboxylic acids is 1. The Balaban J connectivity index is 1.31.